The average molecular weight is 689 g/mol. The average Bonchev–Trinajstić information content (AvgIpc) is 3.64. The van der Waals surface area contributed by atoms with E-state index in [1.165, 1.54) is 6.92 Å². The van der Waals surface area contributed by atoms with Gasteiger partial charge in [-0.05, 0) is 96.6 Å². The Bertz CT molecular complexity index is 1380. The number of likely N-dealkylation sites (N-methyl/N-ethyl adjacent to an activating group) is 1. The smallest absolute Gasteiger partial charge is 0.409 e. The summed E-state index contributed by atoms with van der Waals surface area (Å²) in [6.07, 6.45) is 7.79. The fourth-order valence-corrected chi connectivity index (χ4v) is 11.9. The highest BCUT2D eigenvalue weighted by atomic mass is 35.5. The molecule has 9 nitrogen and oxygen atoms in total. The number of aliphatic hydroxyl groups is 1. The molecule has 0 unspecified atom stereocenters. The number of ketones is 2. The molecule has 1 N–H and O–H groups in total. The summed E-state index contributed by atoms with van der Waals surface area (Å²) in [4.78, 5) is 55.4. The largest absolute Gasteiger partial charge is 0.462 e. The van der Waals surface area contributed by atoms with Crippen molar-refractivity contribution in [2.24, 2.45) is 57.2 Å². The summed E-state index contributed by atoms with van der Waals surface area (Å²) in [7, 11) is 2.02. The van der Waals surface area contributed by atoms with Crippen LogP contribution in [0.2, 0.25) is 0 Å². The summed E-state index contributed by atoms with van der Waals surface area (Å²) in [5, 5.41) is 11.7. The minimum Gasteiger partial charge on any atom is -0.462 e. The van der Waals surface area contributed by atoms with Crippen molar-refractivity contribution in [3.05, 3.63) is 24.3 Å². The maximum Gasteiger partial charge on any atom is 0.409 e. The van der Waals surface area contributed by atoms with Crippen LogP contribution < -0.4 is 0 Å². The van der Waals surface area contributed by atoms with Crippen LogP contribution in [0.3, 0.4) is 0 Å². The first-order valence-corrected chi connectivity index (χ1v) is 17.9. The molecule has 5 fully saturated rings. The van der Waals surface area contributed by atoms with E-state index in [1.807, 2.05) is 20.0 Å². The van der Waals surface area contributed by atoms with E-state index in [2.05, 4.69) is 38.3 Å². The zero-order chi connectivity index (χ0) is 34.3. The monoisotopic (exact) mass is 688 g/mol. The standard InChI is InChI=1S/C38H56N2O7.ClH/c1-22(20-46-34(45)40-17-15-39(8)16-18-40)23(2)32(43)33(44)25(4)31-29(47-26(5)41)19-36(7)30-10-9-27-24(3)28(42)11-12-37(27)21-38(30,37)14-13-35(31,36)6;/h11-12,22,24-25,27,29-31,33,44H,2,9-10,13-21H2,1,3-8H3;1H/t22-,24-,25-,27-,29-,30-,31-,33+,35+,36-,37+,38-;/m0./s1. The molecule has 6 rings (SSSR count). The number of fused-ring (bicyclic) bond motifs is 2. The number of hydrogen-bond donors (Lipinski definition) is 1. The number of carbonyl (C=O) groups is 4. The van der Waals surface area contributed by atoms with Crippen LogP contribution >= 0.6 is 12.4 Å². The normalized spacial score (nSPS) is 41.7. The number of aliphatic hydroxyl groups excluding tert-OH is 1. The minimum atomic E-state index is -1.33. The predicted octanol–water partition coefficient (Wildman–Crippen LogP) is 5.49. The molecule has 0 aromatic heterocycles. The van der Waals surface area contributed by atoms with E-state index >= 15 is 0 Å². The molecule has 1 aliphatic heterocycles. The summed E-state index contributed by atoms with van der Waals surface area (Å²) in [5.41, 5.74) is 0.0196. The second-order valence-electron chi connectivity index (χ2n) is 16.8. The third-order valence-electron chi connectivity index (χ3n) is 14.8. The first kappa shape index (κ1) is 37.0. The molecule has 2 spiro atoms. The van der Waals surface area contributed by atoms with E-state index < -0.39 is 35.9 Å². The van der Waals surface area contributed by atoms with Gasteiger partial charge in [0.2, 0.25) is 0 Å². The SMILES string of the molecule is C=C(C(=O)[C@H](O)[C@@H](C)[C@H]1[C@@H](OC(C)=O)C[C@@]2(C)[C@@H]3CC[C@H]4[C@H](C)C(=O)C=C[C@@]45C[C@@]35CC[C@]12C)[C@@H](C)COC(=O)N1CCN(C)CC1.Cl. The summed E-state index contributed by atoms with van der Waals surface area (Å²) >= 11 is 0. The minimum absolute atomic E-state index is 0. The second kappa shape index (κ2) is 12.8. The summed E-state index contributed by atoms with van der Waals surface area (Å²) < 4.78 is 11.6. The highest BCUT2D eigenvalue weighted by Crippen LogP contribution is 2.87. The van der Waals surface area contributed by atoms with Gasteiger partial charge in [0.05, 0.1) is 6.61 Å². The van der Waals surface area contributed by atoms with Crippen molar-refractivity contribution < 1.29 is 33.8 Å². The third-order valence-corrected chi connectivity index (χ3v) is 14.8. The Kier molecular flexibility index (Phi) is 9.90. The molecule has 268 valence electrons. The van der Waals surface area contributed by atoms with Crippen LogP contribution in [0.25, 0.3) is 0 Å². The Morgan fingerprint density at radius 1 is 1.08 bits per heavy atom. The maximum absolute atomic E-state index is 13.8. The number of piperazine rings is 1. The molecular formula is C38H57ClN2O7. The maximum atomic E-state index is 13.8. The van der Waals surface area contributed by atoms with Gasteiger partial charge in [-0.1, -0.05) is 47.3 Å². The van der Waals surface area contributed by atoms with Crippen molar-refractivity contribution in [1.29, 1.82) is 0 Å². The van der Waals surface area contributed by atoms with Gasteiger partial charge >= 0.3 is 12.1 Å². The van der Waals surface area contributed by atoms with Crippen LogP contribution in [-0.2, 0) is 23.9 Å². The Morgan fingerprint density at radius 3 is 2.40 bits per heavy atom. The highest BCUT2D eigenvalue weighted by molar-refractivity contribution is 5.98. The molecule has 0 aromatic rings. The van der Waals surface area contributed by atoms with Gasteiger partial charge in [0.1, 0.15) is 12.2 Å². The van der Waals surface area contributed by atoms with E-state index in [4.69, 9.17) is 9.47 Å². The number of carbonyl (C=O) groups excluding carboxylic acids is 4. The molecule has 4 saturated carbocycles. The van der Waals surface area contributed by atoms with Crippen molar-refractivity contribution in [1.82, 2.24) is 9.80 Å². The highest BCUT2D eigenvalue weighted by Gasteiger charge is 2.81. The molecule has 0 radical (unpaired) electrons. The second-order valence-corrected chi connectivity index (χ2v) is 16.8. The number of nitrogens with zero attached hydrogens (tertiary/aromatic N) is 2. The van der Waals surface area contributed by atoms with Gasteiger partial charge in [-0.3, -0.25) is 14.4 Å². The number of allylic oxidation sites excluding steroid dienone is 2. The lowest BCUT2D eigenvalue weighted by Gasteiger charge is -2.61. The quantitative estimate of drug-likeness (QED) is 0.263. The lowest BCUT2D eigenvalue weighted by atomic mass is 9.43. The van der Waals surface area contributed by atoms with Crippen LogP contribution in [0.1, 0.15) is 80.1 Å². The Hall–Kier alpha value is -2.23. The van der Waals surface area contributed by atoms with Crippen molar-refractivity contribution in [3.8, 4) is 0 Å². The fraction of sp³-hybridized carbons (Fsp3) is 0.789. The van der Waals surface area contributed by atoms with Gasteiger partial charge in [0.25, 0.3) is 0 Å². The van der Waals surface area contributed by atoms with Gasteiger partial charge < -0.3 is 24.4 Å². The zero-order valence-electron chi connectivity index (χ0n) is 30.0. The van der Waals surface area contributed by atoms with Gasteiger partial charge in [-0.2, -0.15) is 0 Å². The first-order chi connectivity index (χ1) is 22.0. The molecule has 10 heteroatoms. The number of halogens is 1. The predicted molar refractivity (Wildman–Crippen MR) is 184 cm³/mol. The topological polar surface area (TPSA) is 113 Å². The molecule has 5 aliphatic carbocycles. The van der Waals surface area contributed by atoms with Crippen molar-refractivity contribution in [2.45, 2.75) is 92.3 Å². The summed E-state index contributed by atoms with van der Waals surface area (Å²) in [6.45, 7) is 18.8. The van der Waals surface area contributed by atoms with E-state index in [9.17, 15) is 24.3 Å². The molecule has 0 bridgehead atoms. The molecular weight excluding hydrogens is 632 g/mol. The lowest BCUT2D eigenvalue weighted by Crippen LogP contribution is -2.56. The van der Waals surface area contributed by atoms with E-state index in [0.717, 1.165) is 45.2 Å². The van der Waals surface area contributed by atoms with Crippen LogP contribution in [-0.4, -0.2) is 90.6 Å². The van der Waals surface area contributed by atoms with Crippen LogP contribution in [0.5, 0.6) is 0 Å². The Labute approximate surface area is 292 Å². The number of esters is 1. The molecule has 1 saturated heterocycles. The number of hydrogen-bond acceptors (Lipinski definition) is 8. The Balaban J connectivity index is 0.00000451. The van der Waals surface area contributed by atoms with Crippen LogP contribution in [0.4, 0.5) is 4.79 Å². The van der Waals surface area contributed by atoms with Gasteiger partial charge in [-0.15, -0.1) is 12.4 Å². The molecule has 1 amide bonds. The van der Waals surface area contributed by atoms with E-state index in [0.29, 0.717) is 31.3 Å². The number of Topliss-reactive ketones (excluding diaryl/α,β-unsaturated/α-hetero) is 1. The van der Waals surface area contributed by atoms with Gasteiger partial charge in [0, 0.05) is 50.9 Å². The summed E-state index contributed by atoms with van der Waals surface area (Å²) in [5.74, 6) is -0.854. The van der Waals surface area contributed by atoms with Crippen molar-refractivity contribution >= 4 is 36.0 Å². The molecule has 6 aliphatic rings. The van der Waals surface area contributed by atoms with Gasteiger partial charge in [0.15, 0.2) is 11.6 Å². The fourth-order valence-electron chi connectivity index (χ4n) is 11.9. The Morgan fingerprint density at radius 2 is 1.75 bits per heavy atom. The van der Waals surface area contributed by atoms with Crippen molar-refractivity contribution in [2.75, 3.05) is 39.8 Å². The number of amides is 1. The molecule has 48 heavy (non-hydrogen) atoms. The van der Waals surface area contributed by atoms with E-state index in [1.54, 1.807) is 11.8 Å². The van der Waals surface area contributed by atoms with Crippen LogP contribution in [0.15, 0.2) is 24.3 Å². The third kappa shape index (κ3) is 5.40. The number of ether oxygens (including phenoxy) is 2. The van der Waals surface area contributed by atoms with Crippen molar-refractivity contribution in [3.63, 3.8) is 0 Å². The lowest BCUT2D eigenvalue weighted by molar-refractivity contribution is -0.154. The first-order valence-electron chi connectivity index (χ1n) is 17.9. The van der Waals surface area contributed by atoms with E-state index in [-0.39, 0.29) is 69.8 Å². The zero-order valence-corrected chi connectivity index (χ0v) is 30.8. The summed E-state index contributed by atoms with van der Waals surface area (Å²) in [6, 6.07) is 0. The van der Waals surface area contributed by atoms with Crippen LogP contribution in [0, 0.1) is 57.2 Å². The molecule has 12 atom stereocenters. The molecule has 0 aromatic carbocycles. The number of rotatable bonds is 8. The molecule has 1 heterocycles. The van der Waals surface area contributed by atoms with Gasteiger partial charge in [-0.25, -0.2) is 4.79 Å².